The number of carbonyl (C=O) groups excluding carboxylic acids is 1. The first-order chi connectivity index (χ1) is 8.15. The highest BCUT2D eigenvalue weighted by atomic mass is 19.1. The zero-order valence-electron chi connectivity index (χ0n) is 9.58. The summed E-state index contributed by atoms with van der Waals surface area (Å²) in [6.07, 6.45) is 2.39. The average molecular weight is 240 g/mol. The van der Waals surface area contributed by atoms with Gasteiger partial charge in [0.05, 0.1) is 5.56 Å². The molecule has 1 aromatic carbocycles. The van der Waals surface area contributed by atoms with Gasteiger partial charge in [0.1, 0.15) is 5.82 Å². The van der Waals surface area contributed by atoms with E-state index in [1.165, 1.54) is 12.1 Å². The summed E-state index contributed by atoms with van der Waals surface area (Å²) in [5.41, 5.74) is 5.96. The summed E-state index contributed by atoms with van der Waals surface area (Å²) in [5.74, 6) is -0.756. The van der Waals surface area contributed by atoms with Gasteiger partial charge in [-0.1, -0.05) is 0 Å². The largest absolute Gasteiger partial charge is 0.398 e. The molecule has 0 fully saturated rings. The second kappa shape index (κ2) is 6.85. The predicted octanol–water partition coefficient (Wildman–Crippen LogP) is 1.30. The molecule has 1 rings (SSSR count). The van der Waals surface area contributed by atoms with E-state index in [2.05, 4.69) is 5.32 Å². The fourth-order valence-corrected chi connectivity index (χ4v) is 1.45. The Hall–Kier alpha value is -1.62. The molecule has 0 heterocycles. The van der Waals surface area contributed by atoms with Crippen LogP contribution in [0.3, 0.4) is 0 Å². The SMILES string of the molecule is Nc1cc(F)ccc1C(=O)NCCCCCO. The number of anilines is 1. The number of halogens is 1. The van der Waals surface area contributed by atoms with Gasteiger partial charge < -0.3 is 16.2 Å². The van der Waals surface area contributed by atoms with Gasteiger partial charge >= 0.3 is 0 Å². The Balaban J connectivity index is 2.42. The number of rotatable bonds is 6. The van der Waals surface area contributed by atoms with Crippen LogP contribution in [0.2, 0.25) is 0 Å². The van der Waals surface area contributed by atoms with E-state index in [-0.39, 0.29) is 23.8 Å². The van der Waals surface area contributed by atoms with Gasteiger partial charge in [-0.2, -0.15) is 0 Å². The Bertz CT molecular complexity index is 383. The summed E-state index contributed by atoms with van der Waals surface area (Å²) in [4.78, 5) is 11.6. The second-order valence-electron chi connectivity index (χ2n) is 3.77. The number of hydrogen-bond acceptors (Lipinski definition) is 3. The van der Waals surface area contributed by atoms with E-state index in [0.717, 1.165) is 25.3 Å². The Morgan fingerprint density at radius 3 is 2.76 bits per heavy atom. The molecule has 0 aromatic heterocycles. The van der Waals surface area contributed by atoms with Gasteiger partial charge in [-0.15, -0.1) is 0 Å². The normalized spacial score (nSPS) is 10.2. The molecule has 0 radical (unpaired) electrons. The van der Waals surface area contributed by atoms with Crippen molar-refractivity contribution >= 4 is 11.6 Å². The Morgan fingerprint density at radius 2 is 2.12 bits per heavy atom. The zero-order chi connectivity index (χ0) is 12.7. The van der Waals surface area contributed by atoms with E-state index in [4.69, 9.17) is 10.8 Å². The minimum absolute atomic E-state index is 0.137. The number of benzene rings is 1. The molecule has 0 atom stereocenters. The summed E-state index contributed by atoms with van der Waals surface area (Å²) >= 11 is 0. The van der Waals surface area contributed by atoms with E-state index >= 15 is 0 Å². The maximum Gasteiger partial charge on any atom is 0.253 e. The van der Waals surface area contributed by atoms with Crippen molar-refractivity contribution in [2.24, 2.45) is 0 Å². The van der Waals surface area contributed by atoms with Crippen LogP contribution >= 0.6 is 0 Å². The summed E-state index contributed by atoms with van der Waals surface area (Å²) in [7, 11) is 0. The van der Waals surface area contributed by atoms with E-state index in [1.54, 1.807) is 0 Å². The smallest absolute Gasteiger partial charge is 0.253 e. The molecule has 94 valence electrons. The van der Waals surface area contributed by atoms with E-state index < -0.39 is 5.82 Å². The fourth-order valence-electron chi connectivity index (χ4n) is 1.45. The van der Waals surface area contributed by atoms with Gasteiger partial charge in [-0.3, -0.25) is 4.79 Å². The lowest BCUT2D eigenvalue weighted by Crippen LogP contribution is -2.25. The molecule has 0 aliphatic heterocycles. The van der Waals surface area contributed by atoms with Gasteiger partial charge in [0, 0.05) is 18.8 Å². The molecule has 17 heavy (non-hydrogen) atoms. The van der Waals surface area contributed by atoms with Crippen LogP contribution in [0.15, 0.2) is 18.2 Å². The number of nitrogens with one attached hydrogen (secondary N) is 1. The molecule has 0 aliphatic rings. The quantitative estimate of drug-likeness (QED) is 0.518. The van der Waals surface area contributed by atoms with Crippen LogP contribution in [0, 0.1) is 5.82 Å². The number of nitrogens with two attached hydrogens (primary N) is 1. The van der Waals surface area contributed by atoms with Crippen LogP contribution in [0.4, 0.5) is 10.1 Å². The van der Waals surface area contributed by atoms with E-state index in [0.29, 0.717) is 6.54 Å². The number of unbranched alkanes of at least 4 members (excludes halogenated alkanes) is 2. The molecule has 0 aliphatic carbocycles. The first-order valence-electron chi connectivity index (χ1n) is 5.59. The molecule has 0 bridgehead atoms. The van der Waals surface area contributed by atoms with Gasteiger partial charge in [0.25, 0.3) is 5.91 Å². The monoisotopic (exact) mass is 240 g/mol. The lowest BCUT2D eigenvalue weighted by Gasteiger charge is -2.07. The number of aliphatic hydroxyl groups is 1. The van der Waals surface area contributed by atoms with E-state index in [9.17, 15) is 9.18 Å². The number of hydrogen-bond donors (Lipinski definition) is 3. The molecule has 1 amide bonds. The van der Waals surface area contributed by atoms with Gasteiger partial charge in [0.2, 0.25) is 0 Å². The third-order valence-electron chi connectivity index (χ3n) is 2.38. The zero-order valence-corrected chi connectivity index (χ0v) is 9.58. The van der Waals surface area contributed by atoms with Crippen LogP contribution in [0.25, 0.3) is 0 Å². The van der Waals surface area contributed by atoms with Crippen LogP contribution in [0.5, 0.6) is 0 Å². The van der Waals surface area contributed by atoms with Crippen molar-refractivity contribution in [2.45, 2.75) is 19.3 Å². The predicted molar refractivity (Wildman–Crippen MR) is 64.1 cm³/mol. The van der Waals surface area contributed by atoms with Crippen LogP contribution in [-0.4, -0.2) is 24.2 Å². The molecule has 5 heteroatoms. The number of aliphatic hydroxyl groups excluding tert-OH is 1. The van der Waals surface area contributed by atoms with E-state index in [1.807, 2.05) is 0 Å². The molecular weight excluding hydrogens is 223 g/mol. The molecule has 1 aromatic rings. The summed E-state index contributed by atoms with van der Waals surface area (Å²) < 4.78 is 12.8. The second-order valence-corrected chi connectivity index (χ2v) is 3.77. The third kappa shape index (κ3) is 4.40. The first kappa shape index (κ1) is 13.4. The fraction of sp³-hybridized carbons (Fsp3) is 0.417. The maximum absolute atomic E-state index is 12.8. The molecular formula is C12H17FN2O2. The minimum Gasteiger partial charge on any atom is -0.398 e. The molecule has 4 N–H and O–H groups in total. The lowest BCUT2D eigenvalue weighted by molar-refractivity contribution is 0.0953. The van der Waals surface area contributed by atoms with Crippen LogP contribution in [-0.2, 0) is 0 Å². The molecule has 0 saturated heterocycles. The molecule has 4 nitrogen and oxygen atoms in total. The first-order valence-corrected chi connectivity index (χ1v) is 5.59. The Kier molecular flexibility index (Phi) is 5.42. The topological polar surface area (TPSA) is 75.4 Å². The van der Waals surface area contributed by atoms with Crippen molar-refractivity contribution in [3.05, 3.63) is 29.6 Å². The van der Waals surface area contributed by atoms with Crippen LogP contribution < -0.4 is 11.1 Å². The highest BCUT2D eigenvalue weighted by Gasteiger charge is 2.09. The molecule has 0 spiro atoms. The Labute approximate surface area is 99.6 Å². The number of amides is 1. The number of nitrogen functional groups attached to an aromatic ring is 1. The van der Waals surface area contributed by atoms with Crippen LogP contribution in [0.1, 0.15) is 29.6 Å². The third-order valence-corrected chi connectivity index (χ3v) is 2.38. The van der Waals surface area contributed by atoms with Crippen molar-refractivity contribution in [3.63, 3.8) is 0 Å². The highest BCUT2D eigenvalue weighted by Crippen LogP contribution is 2.13. The molecule has 0 unspecified atom stereocenters. The summed E-state index contributed by atoms with van der Waals surface area (Å²) in [5, 5.41) is 11.3. The highest BCUT2D eigenvalue weighted by molar-refractivity contribution is 5.99. The Morgan fingerprint density at radius 1 is 1.35 bits per heavy atom. The van der Waals surface area contributed by atoms with Gasteiger partial charge in [-0.25, -0.2) is 4.39 Å². The summed E-state index contributed by atoms with van der Waals surface area (Å²) in [6, 6.07) is 3.70. The van der Waals surface area contributed by atoms with Crippen molar-refractivity contribution in [3.8, 4) is 0 Å². The average Bonchev–Trinajstić information content (AvgIpc) is 2.28. The van der Waals surface area contributed by atoms with Crippen molar-refractivity contribution in [1.82, 2.24) is 5.32 Å². The van der Waals surface area contributed by atoms with Crippen molar-refractivity contribution < 1.29 is 14.3 Å². The standard InChI is InChI=1S/C12H17FN2O2/c13-9-4-5-10(11(14)8-9)12(17)15-6-2-1-3-7-16/h4-5,8,16H,1-3,6-7,14H2,(H,15,17). The number of carbonyl (C=O) groups is 1. The van der Waals surface area contributed by atoms with Gasteiger partial charge in [-0.05, 0) is 37.5 Å². The lowest BCUT2D eigenvalue weighted by atomic mass is 10.1. The molecule has 0 saturated carbocycles. The minimum atomic E-state index is -0.456. The summed E-state index contributed by atoms with van der Waals surface area (Å²) in [6.45, 7) is 0.689. The van der Waals surface area contributed by atoms with Crippen molar-refractivity contribution in [2.75, 3.05) is 18.9 Å². The van der Waals surface area contributed by atoms with Crippen molar-refractivity contribution in [1.29, 1.82) is 0 Å². The maximum atomic E-state index is 12.8. The van der Waals surface area contributed by atoms with Gasteiger partial charge in [0.15, 0.2) is 0 Å².